The Balaban J connectivity index is 1.79. The van der Waals surface area contributed by atoms with E-state index in [0.717, 1.165) is 51.1 Å². The molecule has 2 N–H and O–H groups in total. The van der Waals surface area contributed by atoms with Crippen molar-refractivity contribution in [1.82, 2.24) is 15.5 Å². The molecule has 6 heteroatoms. The van der Waals surface area contributed by atoms with Crippen molar-refractivity contribution in [3.05, 3.63) is 0 Å². The first-order valence-electron chi connectivity index (χ1n) is 8.96. The first-order chi connectivity index (χ1) is 11.0. The molecule has 0 saturated carbocycles. The summed E-state index contributed by atoms with van der Waals surface area (Å²) >= 11 is 1.86. The predicted octanol–water partition coefficient (Wildman–Crippen LogP) is 1.97. The van der Waals surface area contributed by atoms with Crippen LogP contribution in [0.4, 0.5) is 0 Å². The van der Waals surface area contributed by atoms with Gasteiger partial charge in [0, 0.05) is 31.8 Å². The molecule has 0 radical (unpaired) electrons. The smallest absolute Gasteiger partial charge is 0.238 e. The summed E-state index contributed by atoms with van der Waals surface area (Å²) in [5, 5.41) is 6.61. The highest BCUT2D eigenvalue weighted by Gasteiger charge is 2.44. The average molecular weight is 342 g/mol. The Labute approximate surface area is 144 Å². The Morgan fingerprint density at radius 3 is 2.65 bits per heavy atom. The minimum atomic E-state index is -0.0954. The maximum absolute atomic E-state index is 12.3. The third kappa shape index (κ3) is 4.86. The Morgan fingerprint density at radius 2 is 2.04 bits per heavy atom. The molecule has 2 unspecified atom stereocenters. The van der Waals surface area contributed by atoms with E-state index in [2.05, 4.69) is 24.5 Å². The molecule has 0 aromatic rings. The van der Waals surface area contributed by atoms with Crippen LogP contribution in [-0.2, 0) is 9.59 Å². The average Bonchev–Trinajstić information content (AvgIpc) is 2.97. The third-order valence-electron chi connectivity index (χ3n) is 4.99. The second-order valence-electron chi connectivity index (χ2n) is 6.89. The van der Waals surface area contributed by atoms with Gasteiger partial charge in [-0.3, -0.25) is 14.9 Å². The summed E-state index contributed by atoms with van der Waals surface area (Å²) in [4.78, 5) is 26.3. The highest BCUT2D eigenvalue weighted by atomic mass is 32.2. The van der Waals surface area contributed by atoms with Crippen molar-refractivity contribution in [3.8, 4) is 0 Å². The van der Waals surface area contributed by atoms with E-state index in [1.165, 1.54) is 0 Å². The normalized spacial score (nSPS) is 24.7. The van der Waals surface area contributed by atoms with E-state index >= 15 is 0 Å². The van der Waals surface area contributed by atoms with Gasteiger partial charge in [0.15, 0.2) is 0 Å². The van der Waals surface area contributed by atoms with Gasteiger partial charge < -0.3 is 10.2 Å². The molecule has 2 fully saturated rings. The lowest BCUT2D eigenvalue weighted by molar-refractivity contribution is -0.132. The fourth-order valence-electron chi connectivity index (χ4n) is 3.11. The summed E-state index contributed by atoms with van der Waals surface area (Å²) in [6.07, 6.45) is 4.50. The molecule has 0 bridgehead atoms. The highest BCUT2D eigenvalue weighted by Crippen LogP contribution is 2.39. The van der Waals surface area contributed by atoms with Gasteiger partial charge in [-0.1, -0.05) is 27.2 Å². The van der Waals surface area contributed by atoms with E-state index in [1.807, 2.05) is 23.6 Å². The Hall–Kier alpha value is -0.750. The molecule has 23 heavy (non-hydrogen) atoms. The number of carbonyl (C=O) groups excluding carboxylic acids is 2. The SMILES string of the molecule is CCCC(=O)N1CCC2(CC1)NC(C(=O)NCC(C)CC)CS2. The molecule has 2 rings (SSSR count). The van der Waals surface area contributed by atoms with E-state index in [-0.39, 0.29) is 22.7 Å². The molecule has 2 aliphatic rings. The minimum Gasteiger partial charge on any atom is -0.354 e. The number of hydrogen-bond acceptors (Lipinski definition) is 4. The standard InChI is InChI=1S/C17H31N3O2S/c1-4-6-15(21)20-9-7-17(8-10-20)19-14(12-23-17)16(22)18-11-13(3)5-2/h13-14,19H,4-12H2,1-3H3,(H,18,22). The number of likely N-dealkylation sites (tertiary alicyclic amines) is 1. The zero-order chi connectivity index (χ0) is 16.9. The molecule has 2 amide bonds. The second kappa shape index (κ2) is 8.38. The van der Waals surface area contributed by atoms with Gasteiger partial charge >= 0.3 is 0 Å². The first kappa shape index (κ1) is 18.6. The third-order valence-corrected chi connectivity index (χ3v) is 6.57. The number of rotatable bonds is 6. The first-order valence-corrected chi connectivity index (χ1v) is 9.95. The lowest BCUT2D eigenvalue weighted by atomic mass is 10.0. The van der Waals surface area contributed by atoms with Crippen LogP contribution < -0.4 is 10.6 Å². The molecule has 132 valence electrons. The van der Waals surface area contributed by atoms with E-state index < -0.39 is 0 Å². The molecule has 0 aromatic heterocycles. The number of nitrogens with zero attached hydrogens (tertiary/aromatic N) is 1. The zero-order valence-electron chi connectivity index (χ0n) is 14.7. The van der Waals surface area contributed by atoms with Crippen molar-refractivity contribution >= 4 is 23.6 Å². The Morgan fingerprint density at radius 1 is 1.35 bits per heavy atom. The van der Waals surface area contributed by atoms with Crippen molar-refractivity contribution in [1.29, 1.82) is 0 Å². The van der Waals surface area contributed by atoms with Crippen LogP contribution in [0.15, 0.2) is 0 Å². The van der Waals surface area contributed by atoms with Crippen LogP contribution in [0.5, 0.6) is 0 Å². The monoisotopic (exact) mass is 341 g/mol. The fourth-order valence-corrected chi connectivity index (χ4v) is 4.52. The van der Waals surface area contributed by atoms with Gasteiger partial charge in [0.05, 0.1) is 10.9 Å². The lowest BCUT2D eigenvalue weighted by Gasteiger charge is -2.39. The van der Waals surface area contributed by atoms with Gasteiger partial charge in [-0.2, -0.15) is 0 Å². The van der Waals surface area contributed by atoms with Crippen molar-refractivity contribution in [2.45, 2.75) is 63.8 Å². The molecule has 2 aliphatic heterocycles. The van der Waals surface area contributed by atoms with Crippen molar-refractivity contribution in [2.24, 2.45) is 5.92 Å². The summed E-state index contributed by atoms with van der Waals surface area (Å²) < 4.78 is 0. The van der Waals surface area contributed by atoms with Crippen molar-refractivity contribution in [2.75, 3.05) is 25.4 Å². The lowest BCUT2D eigenvalue weighted by Crippen LogP contribution is -2.54. The van der Waals surface area contributed by atoms with Gasteiger partial charge in [0.25, 0.3) is 0 Å². The zero-order valence-corrected chi connectivity index (χ0v) is 15.5. The highest BCUT2D eigenvalue weighted by molar-refractivity contribution is 8.01. The molecule has 2 atom stereocenters. The van der Waals surface area contributed by atoms with Gasteiger partial charge in [0.2, 0.25) is 11.8 Å². The quantitative estimate of drug-likeness (QED) is 0.775. The summed E-state index contributed by atoms with van der Waals surface area (Å²) in [5.41, 5.74) is 0. The van der Waals surface area contributed by atoms with Gasteiger partial charge in [-0.15, -0.1) is 11.8 Å². The molecule has 0 aromatic carbocycles. The molecule has 5 nitrogen and oxygen atoms in total. The van der Waals surface area contributed by atoms with Crippen molar-refractivity contribution < 1.29 is 9.59 Å². The maximum atomic E-state index is 12.3. The number of thioether (sulfide) groups is 1. The van der Waals surface area contributed by atoms with Crippen LogP contribution in [0.1, 0.15) is 52.9 Å². The Kier molecular flexibility index (Phi) is 6.77. The molecule has 2 saturated heterocycles. The van der Waals surface area contributed by atoms with E-state index in [9.17, 15) is 9.59 Å². The van der Waals surface area contributed by atoms with Crippen LogP contribution in [0.2, 0.25) is 0 Å². The van der Waals surface area contributed by atoms with Crippen molar-refractivity contribution in [3.63, 3.8) is 0 Å². The van der Waals surface area contributed by atoms with Crippen LogP contribution in [0.25, 0.3) is 0 Å². The molecule has 1 spiro atoms. The summed E-state index contributed by atoms with van der Waals surface area (Å²) in [6, 6.07) is -0.0954. The van der Waals surface area contributed by atoms with E-state index in [1.54, 1.807) is 0 Å². The number of hydrogen-bond donors (Lipinski definition) is 2. The molecule has 0 aliphatic carbocycles. The molecular weight excluding hydrogens is 310 g/mol. The predicted molar refractivity (Wildman–Crippen MR) is 95.3 cm³/mol. The summed E-state index contributed by atoms with van der Waals surface area (Å²) in [6.45, 7) is 8.70. The summed E-state index contributed by atoms with van der Waals surface area (Å²) in [5.74, 6) is 1.75. The number of amides is 2. The topological polar surface area (TPSA) is 61.4 Å². The minimum absolute atomic E-state index is 0.0125. The van der Waals surface area contributed by atoms with E-state index in [4.69, 9.17) is 0 Å². The summed E-state index contributed by atoms with van der Waals surface area (Å²) in [7, 11) is 0. The Bertz CT molecular complexity index is 422. The van der Waals surface area contributed by atoms with Gasteiger partial charge in [-0.25, -0.2) is 0 Å². The van der Waals surface area contributed by atoms with Crippen LogP contribution in [0, 0.1) is 5.92 Å². The number of piperidine rings is 1. The van der Waals surface area contributed by atoms with E-state index in [0.29, 0.717) is 12.3 Å². The van der Waals surface area contributed by atoms with Crippen LogP contribution in [0.3, 0.4) is 0 Å². The fraction of sp³-hybridized carbons (Fsp3) is 0.882. The van der Waals surface area contributed by atoms with Gasteiger partial charge in [-0.05, 0) is 25.2 Å². The maximum Gasteiger partial charge on any atom is 0.238 e. The van der Waals surface area contributed by atoms with Gasteiger partial charge in [0.1, 0.15) is 0 Å². The number of carbonyl (C=O) groups is 2. The molecule has 2 heterocycles. The van der Waals surface area contributed by atoms with Crippen LogP contribution in [-0.4, -0.2) is 53.0 Å². The second-order valence-corrected chi connectivity index (χ2v) is 8.30. The molecular formula is C17H31N3O2S. The largest absolute Gasteiger partial charge is 0.354 e. The van der Waals surface area contributed by atoms with Crippen LogP contribution >= 0.6 is 11.8 Å². The number of nitrogens with one attached hydrogen (secondary N) is 2.